The standard InChI is InChI=1S/C17H20N4OS/c1-11-10-23-16(21-11)9-20-17(18-3)19-8-15-12(2)13-6-4-5-7-14(13)22-15/h4-7,10H,8-9H2,1-3H3,(H2,18,19,20). The van der Waals surface area contributed by atoms with E-state index in [9.17, 15) is 0 Å². The van der Waals surface area contributed by atoms with Gasteiger partial charge in [-0.05, 0) is 19.9 Å². The first-order chi connectivity index (χ1) is 11.2. The first-order valence-corrected chi connectivity index (χ1v) is 8.38. The van der Waals surface area contributed by atoms with E-state index in [-0.39, 0.29) is 0 Å². The summed E-state index contributed by atoms with van der Waals surface area (Å²) >= 11 is 1.65. The van der Waals surface area contributed by atoms with E-state index in [2.05, 4.69) is 33.6 Å². The maximum Gasteiger partial charge on any atom is 0.191 e. The van der Waals surface area contributed by atoms with Crippen LogP contribution >= 0.6 is 11.3 Å². The Bertz CT molecular complexity index is 834. The van der Waals surface area contributed by atoms with Crippen LogP contribution in [-0.2, 0) is 13.1 Å². The molecule has 0 fully saturated rings. The van der Waals surface area contributed by atoms with Gasteiger partial charge in [-0.15, -0.1) is 11.3 Å². The van der Waals surface area contributed by atoms with E-state index >= 15 is 0 Å². The van der Waals surface area contributed by atoms with Gasteiger partial charge < -0.3 is 15.1 Å². The zero-order valence-electron chi connectivity index (χ0n) is 13.5. The number of fused-ring (bicyclic) bond motifs is 1. The summed E-state index contributed by atoms with van der Waals surface area (Å²) < 4.78 is 5.90. The van der Waals surface area contributed by atoms with Gasteiger partial charge in [0.25, 0.3) is 0 Å². The van der Waals surface area contributed by atoms with Crippen molar-refractivity contribution >= 4 is 28.3 Å². The number of guanidine groups is 1. The molecule has 2 heterocycles. The lowest BCUT2D eigenvalue weighted by atomic mass is 10.1. The average molecular weight is 328 g/mol. The molecule has 0 radical (unpaired) electrons. The molecule has 2 aromatic heterocycles. The van der Waals surface area contributed by atoms with Gasteiger partial charge in [-0.25, -0.2) is 4.98 Å². The fourth-order valence-corrected chi connectivity index (χ4v) is 3.13. The van der Waals surface area contributed by atoms with Crippen LogP contribution in [0.5, 0.6) is 0 Å². The molecule has 2 N–H and O–H groups in total. The fraction of sp³-hybridized carbons (Fsp3) is 0.294. The largest absolute Gasteiger partial charge is 0.459 e. The third-order valence-corrected chi connectivity index (χ3v) is 4.62. The zero-order valence-corrected chi connectivity index (χ0v) is 14.3. The van der Waals surface area contributed by atoms with Gasteiger partial charge in [0.15, 0.2) is 5.96 Å². The number of aliphatic imine (C=N–C) groups is 1. The Balaban J connectivity index is 1.62. The molecule has 1 aromatic carbocycles. The lowest BCUT2D eigenvalue weighted by Gasteiger charge is -2.10. The lowest BCUT2D eigenvalue weighted by Crippen LogP contribution is -2.36. The maximum atomic E-state index is 5.90. The summed E-state index contributed by atoms with van der Waals surface area (Å²) in [6.45, 7) is 5.34. The summed E-state index contributed by atoms with van der Waals surface area (Å²) in [4.78, 5) is 8.67. The molecule has 23 heavy (non-hydrogen) atoms. The van der Waals surface area contributed by atoms with E-state index in [1.54, 1.807) is 18.4 Å². The summed E-state index contributed by atoms with van der Waals surface area (Å²) in [6.07, 6.45) is 0. The highest BCUT2D eigenvalue weighted by molar-refractivity contribution is 7.09. The number of aryl methyl sites for hydroxylation is 2. The van der Waals surface area contributed by atoms with Crippen LogP contribution in [-0.4, -0.2) is 18.0 Å². The van der Waals surface area contributed by atoms with E-state index in [4.69, 9.17) is 4.42 Å². The van der Waals surface area contributed by atoms with Crippen LogP contribution in [0.25, 0.3) is 11.0 Å². The Hall–Kier alpha value is -2.34. The highest BCUT2D eigenvalue weighted by Gasteiger charge is 2.10. The van der Waals surface area contributed by atoms with Crippen molar-refractivity contribution in [2.24, 2.45) is 4.99 Å². The lowest BCUT2D eigenvalue weighted by molar-refractivity contribution is 0.534. The Kier molecular flexibility index (Phi) is 4.62. The van der Waals surface area contributed by atoms with E-state index in [1.807, 2.05) is 30.5 Å². The monoisotopic (exact) mass is 328 g/mol. The molecule has 0 spiro atoms. The average Bonchev–Trinajstić information content (AvgIpc) is 3.12. The van der Waals surface area contributed by atoms with Crippen molar-refractivity contribution in [3.05, 3.63) is 51.7 Å². The van der Waals surface area contributed by atoms with Gasteiger partial charge in [0, 0.05) is 29.1 Å². The van der Waals surface area contributed by atoms with Crippen molar-refractivity contribution in [2.45, 2.75) is 26.9 Å². The van der Waals surface area contributed by atoms with Gasteiger partial charge in [0.2, 0.25) is 0 Å². The predicted molar refractivity (Wildman–Crippen MR) is 94.8 cm³/mol. The summed E-state index contributed by atoms with van der Waals surface area (Å²) in [5, 5.41) is 10.8. The Morgan fingerprint density at radius 3 is 2.70 bits per heavy atom. The number of para-hydroxylation sites is 1. The number of hydrogen-bond donors (Lipinski definition) is 2. The molecule has 5 nitrogen and oxygen atoms in total. The Morgan fingerprint density at radius 1 is 1.22 bits per heavy atom. The van der Waals surface area contributed by atoms with Crippen molar-refractivity contribution in [3.8, 4) is 0 Å². The van der Waals surface area contributed by atoms with Crippen LogP contribution in [0.3, 0.4) is 0 Å². The summed E-state index contributed by atoms with van der Waals surface area (Å²) in [5.74, 6) is 1.66. The minimum Gasteiger partial charge on any atom is -0.459 e. The van der Waals surface area contributed by atoms with Crippen LogP contribution in [0.2, 0.25) is 0 Å². The highest BCUT2D eigenvalue weighted by atomic mass is 32.1. The molecule has 0 saturated heterocycles. The summed E-state index contributed by atoms with van der Waals surface area (Å²) in [6, 6.07) is 8.08. The minimum atomic E-state index is 0.594. The number of nitrogens with one attached hydrogen (secondary N) is 2. The maximum absolute atomic E-state index is 5.90. The second-order valence-electron chi connectivity index (χ2n) is 5.31. The van der Waals surface area contributed by atoms with Gasteiger partial charge in [0.05, 0.1) is 13.1 Å². The number of nitrogens with zero attached hydrogens (tertiary/aromatic N) is 2. The van der Waals surface area contributed by atoms with E-state index in [0.29, 0.717) is 13.1 Å². The molecule has 6 heteroatoms. The SMILES string of the molecule is CN=C(NCc1nc(C)cs1)NCc1oc2ccccc2c1C. The van der Waals surface area contributed by atoms with E-state index in [1.165, 1.54) is 5.56 Å². The Labute approximate surface area is 139 Å². The molecule has 3 aromatic rings. The smallest absolute Gasteiger partial charge is 0.191 e. The topological polar surface area (TPSA) is 62.5 Å². The molecule has 0 atom stereocenters. The molecule has 0 aliphatic carbocycles. The first-order valence-electron chi connectivity index (χ1n) is 7.50. The van der Waals surface area contributed by atoms with Crippen molar-refractivity contribution in [1.29, 1.82) is 0 Å². The molecule has 0 unspecified atom stereocenters. The second kappa shape index (κ2) is 6.83. The summed E-state index contributed by atoms with van der Waals surface area (Å²) in [7, 11) is 1.76. The normalized spacial score (nSPS) is 11.9. The number of benzene rings is 1. The van der Waals surface area contributed by atoms with Crippen LogP contribution < -0.4 is 10.6 Å². The van der Waals surface area contributed by atoms with Crippen LogP contribution in [0.1, 0.15) is 22.0 Å². The number of thiazole rings is 1. The second-order valence-corrected chi connectivity index (χ2v) is 6.25. The van der Waals surface area contributed by atoms with Gasteiger partial charge in [0.1, 0.15) is 16.4 Å². The van der Waals surface area contributed by atoms with Crippen LogP contribution in [0, 0.1) is 13.8 Å². The van der Waals surface area contributed by atoms with Gasteiger partial charge in [-0.2, -0.15) is 0 Å². The molecule has 0 amide bonds. The number of furan rings is 1. The molecular formula is C17H20N4OS. The molecule has 120 valence electrons. The third-order valence-electron chi connectivity index (χ3n) is 3.66. The van der Waals surface area contributed by atoms with Crippen LogP contribution in [0.15, 0.2) is 39.1 Å². The van der Waals surface area contributed by atoms with E-state index in [0.717, 1.165) is 33.4 Å². The molecule has 3 rings (SSSR count). The third kappa shape index (κ3) is 3.53. The fourth-order valence-electron chi connectivity index (χ4n) is 2.42. The van der Waals surface area contributed by atoms with Crippen molar-refractivity contribution < 1.29 is 4.42 Å². The summed E-state index contributed by atoms with van der Waals surface area (Å²) in [5.41, 5.74) is 3.13. The predicted octanol–water partition coefficient (Wildman–Crippen LogP) is 3.37. The van der Waals surface area contributed by atoms with Gasteiger partial charge in [-0.1, -0.05) is 18.2 Å². The van der Waals surface area contributed by atoms with Crippen molar-refractivity contribution in [2.75, 3.05) is 7.05 Å². The highest BCUT2D eigenvalue weighted by Crippen LogP contribution is 2.24. The quantitative estimate of drug-likeness (QED) is 0.569. The van der Waals surface area contributed by atoms with Gasteiger partial charge >= 0.3 is 0 Å². The van der Waals surface area contributed by atoms with Crippen LogP contribution in [0.4, 0.5) is 0 Å². The molecule has 0 aliphatic rings. The molecule has 0 bridgehead atoms. The Morgan fingerprint density at radius 2 is 2.00 bits per heavy atom. The van der Waals surface area contributed by atoms with Crippen molar-refractivity contribution in [1.82, 2.24) is 15.6 Å². The van der Waals surface area contributed by atoms with Crippen molar-refractivity contribution in [3.63, 3.8) is 0 Å². The number of hydrogen-bond acceptors (Lipinski definition) is 4. The first kappa shape index (κ1) is 15.6. The molecular weight excluding hydrogens is 308 g/mol. The zero-order chi connectivity index (χ0) is 16.2. The molecule has 0 aliphatic heterocycles. The molecule has 0 saturated carbocycles. The number of rotatable bonds is 4. The number of aromatic nitrogens is 1. The van der Waals surface area contributed by atoms with E-state index < -0.39 is 0 Å². The minimum absolute atomic E-state index is 0.594. The van der Waals surface area contributed by atoms with Gasteiger partial charge in [-0.3, -0.25) is 4.99 Å².